The van der Waals surface area contributed by atoms with Gasteiger partial charge in [-0.3, -0.25) is 14.2 Å². The van der Waals surface area contributed by atoms with Crippen LogP contribution in [0.5, 0.6) is 0 Å². The highest BCUT2D eigenvalue weighted by atomic mass is 32.2. The van der Waals surface area contributed by atoms with Crippen LogP contribution in [0.25, 0.3) is 0 Å². The number of hydrogen-bond acceptors (Lipinski definition) is 7. The maximum absolute atomic E-state index is 12.8. The molecule has 12 heteroatoms. The van der Waals surface area contributed by atoms with Crippen LogP contribution in [0.4, 0.5) is 16.5 Å². The lowest BCUT2D eigenvalue weighted by atomic mass is 10.2. The van der Waals surface area contributed by atoms with Crippen molar-refractivity contribution in [3.8, 4) is 0 Å². The average molecular weight is 493 g/mol. The van der Waals surface area contributed by atoms with Gasteiger partial charge in [-0.05, 0) is 61.4 Å². The molecule has 0 bridgehead atoms. The Hall–Kier alpha value is -2.96. The van der Waals surface area contributed by atoms with Gasteiger partial charge in [0.1, 0.15) is 0 Å². The molecule has 0 atom stereocenters. The normalized spacial score (nSPS) is 14.5. The van der Waals surface area contributed by atoms with Gasteiger partial charge in [-0.1, -0.05) is 0 Å². The maximum atomic E-state index is 12.8. The van der Waals surface area contributed by atoms with E-state index in [-0.39, 0.29) is 26.5 Å². The Bertz CT molecular complexity index is 1350. The fourth-order valence-electron chi connectivity index (χ4n) is 3.36. The summed E-state index contributed by atoms with van der Waals surface area (Å²) in [5, 5.41) is 1.89. The number of benzene rings is 2. The third-order valence-electron chi connectivity index (χ3n) is 4.91. The Labute approximate surface area is 190 Å². The monoisotopic (exact) mass is 492 g/mol. The second kappa shape index (κ2) is 8.52. The number of anilines is 3. The lowest BCUT2D eigenvalue weighted by Gasteiger charge is -2.19. The standard InChI is InChI=1S/C20H20N4O5S3/c1-14-13-17(8-9-18(14)24-11-2-3-19(24)25)32(28,29)22-15-4-6-16(7-5-15)31(26,27)23-20-21-10-12-30-20/h4-10,12-13,22H,2-3,11H2,1H3,(H,21,23). The fraction of sp³-hybridized carbons (Fsp3) is 0.200. The zero-order valence-corrected chi connectivity index (χ0v) is 19.4. The van der Waals surface area contributed by atoms with E-state index in [4.69, 9.17) is 0 Å². The van der Waals surface area contributed by atoms with Gasteiger partial charge in [-0.15, -0.1) is 11.3 Å². The molecule has 3 aromatic rings. The highest BCUT2D eigenvalue weighted by Crippen LogP contribution is 2.28. The van der Waals surface area contributed by atoms with Crippen molar-refractivity contribution in [3.63, 3.8) is 0 Å². The zero-order valence-electron chi connectivity index (χ0n) is 17.0. The number of nitrogens with one attached hydrogen (secondary N) is 2. The molecule has 0 saturated carbocycles. The Morgan fingerprint density at radius 3 is 2.25 bits per heavy atom. The SMILES string of the molecule is Cc1cc(S(=O)(=O)Nc2ccc(S(=O)(=O)Nc3nccs3)cc2)ccc1N1CCCC1=O. The number of carbonyl (C=O) groups is 1. The van der Waals surface area contributed by atoms with Crippen molar-refractivity contribution in [3.05, 3.63) is 59.6 Å². The third-order valence-corrected chi connectivity index (χ3v) is 8.47. The lowest BCUT2D eigenvalue weighted by Crippen LogP contribution is -2.24. The van der Waals surface area contributed by atoms with E-state index in [1.165, 1.54) is 42.6 Å². The second-order valence-corrected chi connectivity index (χ2v) is 11.4. The van der Waals surface area contributed by atoms with Gasteiger partial charge < -0.3 is 4.90 Å². The van der Waals surface area contributed by atoms with Gasteiger partial charge in [-0.25, -0.2) is 21.8 Å². The van der Waals surface area contributed by atoms with Gasteiger partial charge in [0, 0.05) is 35.9 Å². The summed E-state index contributed by atoms with van der Waals surface area (Å²) < 4.78 is 55.3. The quantitative estimate of drug-likeness (QED) is 0.522. The molecule has 9 nitrogen and oxygen atoms in total. The van der Waals surface area contributed by atoms with E-state index < -0.39 is 20.0 Å². The number of amides is 1. The molecular weight excluding hydrogens is 472 g/mol. The maximum Gasteiger partial charge on any atom is 0.263 e. The molecule has 0 aliphatic carbocycles. The fourth-order valence-corrected chi connectivity index (χ4v) is 6.30. The molecular formula is C20H20N4O5S3. The minimum absolute atomic E-state index is 0.0221. The first-order chi connectivity index (χ1) is 15.2. The molecule has 2 aromatic carbocycles. The van der Waals surface area contributed by atoms with Crippen molar-refractivity contribution < 1.29 is 21.6 Å². The van der Waals surface area contributed by atoms with Gasteiger partial charge in [-0.2, -0.15) is 0 Å². The van der Waals surface area contributed by atoms with Crippen LogP contribution < -0.4 is 14.3 Å². The number of nitrogens with zero attached hydrogens (tertiary/aromatic N) is 2. The number of sulfonamides is 2. The van der Waals surface area contributed by atoms with Crippen LogP contribution in [-0.4, -0.2) is 34.3 Å². The first kappa shape index (κ1) is 22.2. The summed E-state index contributed by atoms with van der Waals surface area (Å²) in [6.07, 6.45) is 2.76. The molecule has 4 rings (SSSR count). The molecule has 168 valence electrons. The minimum atomic E-state index is -3.91. The molecule has 2 heterocycles. The lowest BCUT2D eigenvalue weighted by molar-refractivity contribution is -0.117. The molecule has 1 amide bonds. The molecule has 0 spiro atoms. The average Bonchev–Trinajstić information content (AvgIpc) is 3.39. The van der Waals surface area contributed by atoms with E-state index in [2.05, 4.69) is 14.4 Å². The molecule has 1 aliphatic rings. The number of carbonyl (C=O) groups excluding carboxylic acids is 1. The van der Waals surface area contributed by atoms with Gasteiger partial charge in [0.05, 0.1) is 9.79 Å². The van der Waals surface area contributed by atoms with Gasteiger partial charge in [0.15, 0.2) is 5.13 Å². The van der Waals surface area contributed by atoms with Crippen LogP contribution in [0, 0.1) is 6.92 Å². The third kappa shape index (κ3) is 4.61. The summed E-state index contributed by atoms with van der Waals surface area (Å²) in [6, 6.07) is 9.96. The molecule has 0 unspecified atom stereocenters. The first-order valence-corrected chi connectivity index (χ1v) is 13.5. The van der Waals surface area contributed by atoms with Gasteiger partial charge in [0.2, 0.25) is 5.91 Å². The van der Waals surface area contributed by atoms with E-state index in [1.807, 2.05) is 0 Å². The van der Waals surface area contributed by atoms with Crippen LogP contribution in [0.2, 0.25) is 0 Å². The van der Waals surface area contributed by atoms with Crippen LogP contribution in [0.3, 0.4) is 0 Å². The Kier molecular flexibility index (Phi) is 5.93. The highest BCUT2D eigenvalue weighted by molar-refractivity contribution is 7.93. The Morgan fingerprint density at radius 2 is 1.66 bits per heavy atom. The number of thiazole rings is 1. The molecule has 0 radical (unpaired) electrons. The van der Waals surface area contributed by atoms with Gasteiger partial charge in [0.25, 0.3) is 20.0 Å². The summed E-state index contributed by atoms with van der Waals surface area (Å²) in [4.78, 5) is 17.6. The van der Waals surface area contributed by atoms with Crippen LogP contribution in [0.1, 0.15) is 18.4 Å². The van der Waals surface area contributed by atoms with E-state index in [9.17, 15) is 21.6 Å². The van der Waals surface area contributed by atoms with Crippen LogP contribution in [-0.2, 0) is 24.8 Å². The largest absolute Gasteiger partial charge is 0.312 e. The number of hydrogen-bond donors (Lipinski definition) is 2. The van der Waals surface area contributed by atoms with E-state index in [1.54, 1.807) is 23.3 Å². The topological polar surface area (TPSA) is 126 Å². The number of aromatic nitrogens is 1. The predicted molar refractivity (Wildman–Crippen MR) is 123 cm³/mol. The molecule has 1 fully saturated rings. The molecule has 2 N–H and O–H groups in total. The molecule has 32 heavy (non-hydrogen) atoms. The van der Waals surface area contributed by atoms with Crippen LogP contribution >= 0.6 is 11.3 Å². The molecule has 1 aliphatic heterocycles. The first-order valence-electron chi connectivity index (χ1n) is 9.62. The Balaban J connectivity index is 1.51. The highest BCUT2D eigenvalue weighted by Gasteiger charge is 2.24. The van der Waals surface area contributed by atoms with Crippen molar-refractivity contribution >= 4 is 53.8 Å². The molecule has 1 saturated heterocycles. The second-order valence-electron chi connectivity index (χ2n) is 7.17. The predicted octanol–water partition coefficient (Wildman–Crippen LogP) is 3.18. The minimum Gasteiger partial charge on any atom is -0.312 e. The summed E-state index contributed by atoms with van der Waals surface area (Å²) in [7, 11) is -7.74. The smallest absolute Gasteiger partial charge is 0.263 e. The zero-order chi connectivity index (χ0) is 22.9. The van der Waals surface area contributed by atoms with E-state index in [0.717, 1.165) is 17.8 Å². The van der Waals surface area contributed by atoms with Gasteiger partial charge >= 0.3 is 0 Å². The van der Waals surface area contributed by atoms with Crippen molar-refractivity contribution in [1.82, 2.24) is 4.98 Å². The summed E-state index contributed by atoms with van der Waals surface area (Å²) in [6.45, 7) is 2.38. The van der Waals surface area contributed by atoms with E-state index in [0.29, 0.717) is 24.2 Å². The summed E-state index contributed by atoms with van der Waals surface area (Å²) in [5.74, 6) is 0.0289. The number of aryl methyl sites for hydroxylation is 1. The van der Waals surface area contributed by atoms with E-state index >= 15 is 0 Å². The number of rotatable bonds is 7. The van der Waals surface area contributed by atoms with Crippen molar-refractivity contribution in [2.75, 3.05) is 20.9 Å². The summed E-state index contributed by atoms with van der Waals surface area (Å²) >= 11 is 1.15. The summed E-state index contributed by atoms with van der Waals surface area (Å²) in [5.41, 5.74) is 1.60. The Morgan fingerprint density at radius 1 is 0.969 bits per heavy atom. The van der Waals surface area contributed by atoms with Crippen molar-refractivity contribution in [2.24, 2.45) is 0 Å². The van der Waals surface area contributed by atoms with Crippen molar-refractivity contribution in [2.45, 2.75) is 29.6 Å². The molecule has 1 aromatic heterocycles. The van der Waals surface area contributed by atoms with Crippen LogP contribution in [0.15, 0.2) is 63.8 Å². The van der Waals surface area contributed by atoms with Crippen molar-refractivity contribution in [1.29, 1.82) is 0 Å².